The normalized spacial score (nSPS) is 14.7. The fourth-order valence-corrected chi connectivity index (χ4v) is 4.47. The third kappa shape index (κ3) is 4.35. The average Bonchev–Trinajstić information content (AvgIpc) is 3.36. The summed E-state index contributed by atoms with van der Waals surface area (Å²) >= 11 is 0. The molecule has 1 saturated heterocycles. The van der Waals surface area contributed by atoms with Gasteiger partial charge in [-0.3, -0.25) is 4.79 Å². The van der Waals surface area contributed by atoms with E-state index in [1.54, 1.807) is 6.08 Å². The maximum atomic E-state index is 12.8. The molecule has 6 heteroatoms. The minimum atomic E-state index is 0.0749. The molecule has 1 aliphatic rings. The third-order valence-corrected chi connectivity index (χ3v) is 6.20. The zero-order chi connectivity index (χ0) is 22.8. The lowest BCUT2D eigenvalue weighted by Crippen LogP contribution is -2.48. The van der Waals surface area contributed by atoms with Crippen LogP contribution in [0.25, 0.3) is 11.9 Å². The van der Waals surface area contributed by atoms with Crippen molar-refractivity contribution in [2.45, 2.75) is 40.7 Å². The van der Waals surface area contributed by atoms with Gasteiger partial charge < -0.3 is 14.4 Å². The Kier molecular flexibility index (Phi) is 6.21. The molecule has 2 aromatic heterocycles. The van der Waals surface area contributed by atoms with Crippen molar-refractivity contribution in [1.82, 2.24) is 19.2 Å². The van der Waals surface area contributed by atoms with Crippen molar-refractivity contribution >= 4 is 17.7 Å². The molecule has 0 unspecified atom stereocenters. The van der Waals surface area contributed by atoms with Gasteiger partial charge in [-0.15, -0.1) is 0 Å². The summed E-state index contributed by atoms with van der Waals surface area (Å²) < 4.78 is 4.23. The van der Waals surface area contributed by atoms with E-state index >= 15 is 0 Å². The zero-order valence-corrected chi connectivity index (χ0v) is 19.7. The molecule has 1 aromatic carbocycles. The van der Waals surface area contributed by atoms with Gasteiger partial charge in [0.15, 0.2) is 0 Å². The highest BCUT2D eigenvalue weighted by Gasteiger charge is 2.20. The van der Waals surface area contributed by atoms with Gasteiger partial charge in [0.1, 0.15) is 5.82 Å². The molecule has 1 amide bonds. The van der Waals surface area contributed by atoms with Crippen molar-refractivity contribution < 1.29 is 4.79 Å². The second-order valence-electron chi connectivity index (χ2n) is 8.87. The van der Waals surface area contributed by atoms with E-state index in [4.69, 9.17) is 0 Å². The quantitative estimate of drug-likeness (QED) is 0.557. The fraction of sp³-hybridized carbons (Fsp3) is 0.385. The molecule has 6 nitrogen and oxygen atoms in total. The van der Waals surface area contributed by atoms with Crippen LogP contribution in [0, 0.1) is 20.8 Å². The van der Waals surface area contributed by atoms with Gasteiger partial charge in [0, 0.05) is 61.4 Å². The highest BCUT2D eigenvalue weighted by Crippen LogP contribution is 2.24. The summed E-state index contributed by atoms with van der Waals surface area (Å²) in [7, 11) is 0. The summed E-state index contributed by atoms with van der Waals surface area (Å²) in [5.41, 5.74) is 5.80. The number of hydrogen-bond acceptors (Lipinski definition) is 3. The number of rotatable bonds is 5. The number of amides is 1. The van der Waals surface area contributed by atoms with E-state index in [1.807, 2.05) is 27.9 Å². The maximum Gasteiger partial charge on any atom is 0.246 e. The molecular formula is C26H33N5O. The Hall–Kier alpha value is -3.28. The minimum absolute atomic E-state index is 0.0749. The van der Waals surface area contributed by atoms with Crippen LogP contribution in [-0.2, 0) is 4.79 Å². The molecule has 0 N–H and O–H groups in total. The highest BCUT2D eigenvalue weighted by molar-refractivity contribution is 5.92. The lowest BCUT2D eigenvalue weighted by molar-refractivity contribution is -0.126. The van der Waals surface area contributed by atoms with Crippen molar-refractivity contribution in [3.63, 3.8) is 0 Å². The topological polar surface area (TPSA) is 46.3 Å². The van der Waals surface area contributed by atoms with Crippen molar-refractivity contribution in [2.24, 2.45) is 0 Å². The van der Waals surface area contributed by atoms with E-state index < -0.39 is 0 Å². The van der Waals surface area contributed by atoms with Gasteiger partial charge in [-0.05, 0) is 70.0 Å². The summed E-state index contributed by atoms with van der Waals surface area (Å²) in [6.45, 7) is 13.7. The van der Waals surface area contributed by atoms with Gasteiger partial charge in [-0.2, -0.15) is 5.10 Å². The summed E-state index contributed by atoms with van der Waals surface area (Å²) in [6.07, 6.45) is 5.50. The van der Waals surface area contributed by atoms with E-state index in [0.717, 1.165) is 48.9 Å². The van der Waals surface area contributed by atoms with E-state index in [0.29, 0.717) is 0 Å². The summed E-state index contributed by atoms with van der Waals surface area (Å²) in [5.74, 6) is 1.12. The molecule has 32 heavy (non-hydrogen) atoms. The van der Waals surface area contributed by atoms with E-state index in [9.17, 15) is 4.79 Å². The van der Waals surface area contributed by atoms with Crippen LogP contribution in [0.4, 0.5) is 5.69 Å². The van der Waals surface area contributed by atoms with Gasteiger partial charge in [0.05, 0.1) is 6.20 Å². The maximum absolute atomic E-state index is 12.8. The first-order valence-electron chi connectivity index (χ1n) is 11.4. The van der Waals surface area contributed by atoms with Gasteiger partial charge in [0.25, 0.3) is 0 Å². The number of aryl methyl sites for hydroxylation is 2. The summed E-state index contributed by atoms with van der Waals surface area (Å²) in [4.78, 5) is 17.1. The Morgan fingerprint density at radius 3 is 2.47 bits per heavy atom. The molecule has 1 aliphatic heterocycles. The Labute approximate surface area is 190 Å². The molecule has 4 rings (SSSR count). The number of aromatic nitrogens is 3. The Morgan fingerprint density at radius 1 is 1.03 bits per heavy atom. The molecule has 168 valence electrons. The standard InChI is InChI=1S/C26H33N5O/c1-19(2)31-25(11-12-27-31)30-21(4)18-23(22(30)5)9-10-26(32)29-15-13-28(14-16-29)24-8-6-7-20(3)17-24/h6-12,17-19H,13-16H2,1-5H3. The lowest BCUT2D eigenvalue weighted by atomic mass is 10.2. The number of carbonyl (C=O) groups excluding carboxylic acids is 1. The first-order chi connectivity index (χ1) is 15.3. The number of nitrogens with zero attached hydrogens (tertiary/aromatic N) is 5. The van der Waals surface area contributed by atoms with Crippen LogP contribution in [0.1, 0.15) is 42.4 Å². The Balaban J connectivity index is 1.44. The lowest BCUT2D eigenvalue weighted by Gasteiger charge is -2.35. The molecule has 3 aromatic rings. The molecule has 0 atom stereocenters. The molecule has 1 fully saturated rings. The fourth-order valence-electron chi connectivity index (χ4n) is 4.47. The molecule has 0 saturated carbocycles. The van der Waals surface area contributed by atoms with Gasteiger partial charge in [0.2, 0.25) is 5.91 Å². The van der Waals surface area contributed by atoms with Gasteiger partial charge in [-0.25, -0.2) is 4.68 Å². The van der Waals surface area contributed by atoms with Crippen molar-refractivity contribution in [2.75, 3.05) is 31.1 Å². The summed E-state index contributed by atoms with van der Waals surface area (Å²) in [5, 5.41) is 4.46. The SMILES string of the molecule is Cc1cccc(N2CCN(C(=O)C=Cc3cc(C)n(-c4ccnn4C(C)C)c3C)CC2)c1. The predicted octanol–water partition coefficient (Wildman–Crippen LogP) is 4.54. The minimum Gasteiger partial charge on any atom is -0.368 e. The largest absolute Gasteiger partial charge is 0.368 e. The monoisotopic (exact) mass is 431 g/mol. The molecule has 0 spiro atoms. The number of carbonyl (C=O) groups is 1. The van der Waals surface area contributed by atoms with Crippen LogP contribution in [0.2, 0.25) is 0 Å². The molecule has 0 radical (unpaired) electrons. The van der Waals surface area contributed by atoms with E-state index in [2.05, 4.69) is 79.5 Å². The van der Waals surface area contributed by atoms with E-state index in [-0.39, 0.29) is 11.9 Å². The number of benzene rings is 1. The molecule has 0 bridgehead atoms. The second-order valence-corrected chi connectivity index (χ2v) is 8.87. The van der Waals surface area contributed by atoms with Crippen LogP contribution in [-0.4, -0.2) is 51.3 Å². The number of anilines is 1. The van der Waals surface area contributed by atoms with Crippen LogP contribution >= 0.6 is 0 Å². The Bertz CT molecular complexity index is 1130. The molecule has 3 heterocycles. The average molecular weight is 432 g/mol. The number of piperazine rings is 1. The van der Waals surface area contributed by atoms with Crippen LogP contribution in [0.15, 0.2) is 48.7 Å². The third-order valence-electron chi connectivity index (χ3n) is 6.20. The van der Waals surface area contributed by atoms with Crippen molar-refractivity contribution in [3.05, 3.63) is 71.2 Å². The van der Waals surface area contributed by atoms with Crippen LogP contribution in [0.3, 0.4) is 0 Å². The zero-order valence-electron chi connectivity index (χ0n) is 19.7. The van der Waals surface area contributed by atoms with Gasteiger partial charge >= 0.3 is 0 Å². The second kappa shape index (κ2) is 9.07. The van der Waals surface area contributed by atoms with Crippen LogP contribution in [0.5, 0.6) is 0 Å². The first kappa shape index (κ1) is 21.9. The smallest absolute Gasteiger partial charge is 0.246 e. The Morgan fingerprint density at radius 2 is 1.78 bits per heavy atom. The molecule has 0 aliphatic carbocycles. The van der Waals surface area contributed by atoms with Gasteiger partial charge in [-0.1, -0.05) is 12.1 Å². The van der Waals surface area contributed by atoms with Crippen molar-refractivity contribution in [1.29, 1.82) is 0 Å². The summed E-state index contributed by atoms with van der Waals surface area (Å²) in [6, 6.07) is 13.0. The van der Waals surface area contributed by atoms with Crippen LogP contribution < -0.4 is 4.90 Å². The highest BCUT2D eigenvalue weighted by atomic mass is 16.2. The predicted molar refractivity (Wildman–Crippen MR) is 130 cm³/mol. The van der Waals surface area contributed by atoms with Crippen molar-refractivity contribution in [3.8, 4) is 5.82 Å². The first-order valence-corrected chi connectivity index (χ1v) is 11.4. The number of hydrogen-bond donors (Lipinski definition) is 0. The molecular weight excluding hydrogens is 398 g/mol. The van der Waals surface area contributed by atoms with E-state index in [1.165, 1.54) is 11.3 Å².